The molecule has 27 heavy (non-hydrogen) atoms. The van der Waals surface area contributed by atoms with E-state index in [1.807, 2.05) is 55.5 Å². The summed E-state index contributed by atoms with van der Waals surface area (Å²) in [5.41, 5.74) is 2.74. The largest absolute Gasteiger partial charge is 0.497 e. The molecule has 0 bridgehead atoms. The Morgan fingerprint density at radius 3 is 2.67 bits per heavy atom. The van der Waals surface area contributed by atoms with Gasteiger partial charge < -0.3 is 14.8 Å². The maximum Gasteiger partial charge on any atom is 0.257 e. The predicted molar refractivity (Wildman–Crippen MR) is 107 cm³/mol. The maximum atomic E-state index is 12.1. The van der Waals surface area contributed by atoms with Crippen LogP contribution >= 0.6 is 11.6 Å². The predicted octanol–water partition coefficient (Wildman–Crippen LogP) is 3.94. The van der Waals surface area contributed by atoms with Gasteiger partial charge in [0.1, 0.15) is 11.5 Å². The number of rotatable bonds is 7. The number of carbonyl (C=O) groups excluding carboxylic acids is 1. The molecule has 0 aliphatic heterocycles. The molecule has 3 rings (SSSR count). The molecular weight excluding hydrogens is 364 g/mol. The molecule has 0 aliphatic rings. The van der Waals surface area contributed by atoms with Crippen molar-refractivity contribution in [1.29, 1.82) is 0 Å². The van der Waals surface area contributed by atoms with E-state index in [2.05, 4.69) is 10.3 Å². The van der Waals surface area contributed by atoms with Crippen LogP contribution in [0.1, 0.15) is 11.3 Å². The number of hydrogen-bond acceptors (Lipinski definition) is 4. The van der Waals surface area contributed by atoms with Crippen LogP contribution in [0.2, 0.25) is 5.02 Å². The molecule has 1 heterocycles. The number of hydrogen-bond donors (Lipinski definition) is 1. The Kier molecular flexibility index (Phi) is 6.14. The number of benzene rings is 2. The lowest BCUT2D eigenvalue weighted by molar-refractivity contribution is -0.123. The summed E-state index contributed by atoms with van der Waals surface area (Å²) in [7, 11) is 1.61. The monoisotopic (exact) mass is 384 g/mol. The molecule has 0 radical (unpaired) electrons. The molecule has 0 spiro atoms. The Bertz CT molecular complexity index is 942. The van der Waals surface area contributed by atoms with Crippen LogP contribution in [0.4, 0.5) is 0 Å². The molecule has 5 nitrogen and oxygen atoms in total. The standard InChI is InChI=1S/C21H21ClN2O3/c1-14-11-20(18-12-17(26-2)7-8-19(18)24-14)27-13-21(25)23-10-9-15-3-5-16(22)6-4-15/h3-8,11-12H,9-10,13H2,1-2H3,(H,23,25). The number of nitrogens with zero attached hydrogens (tertiary/aromatic N) is 1. The lowest BCUT2D eigenvalue weighted by Crippen LogP contribution is -2.30. The maximum absolute atomic E-state index is 12.1. The minimum absolute atomic E-state index is 0.0591. The Hall–Kier alpha value is -2.79. The first-order chi connectivity index (χ1) is 13.0. The first kappa shape index (κ1) is 19.0. The highest BCUT2D eigenvalue weighted by Gasteiger charge is 2.09. The number of amides is 1. The molecule has 0 fully saturated rings. The Labute approximate surface area is 163 Å². The first-order valence-corrected chi connectivity index (χ1v) is 9.02. The van der Waals surface area contributed by atoms with Crippen LogP contribution in [0, 0.1) is 6.92 Å². The van der Waals surface area contributed by atoms with E-state index in [0.717, 1.165) is 28.6 Å². The Morgan fingerprint density at radius 2 is 1.93 bits per heavy atom. The van der Waals surface area contributed by atoms with Crippen LogP contribution in [0.3, 0.4) is 0 Å². The van der Waals surface area contributed by atoms with E-state index in [4.69, 9.17) is 21.1 Å². The zero-order valence-corrected chi connectivity index (χ0v) is 16.0. The summed E-state index contributed by atoms with van der Waals surface area (Å²) in [6.07, 6.45) is 0.734. The third-order valence-corrected chi connectivity index (χ3v) is 4.37. The van der Waals surface area contributed by atoms with Crippen LogP contribution in [0.15, 0.2) is 48.5 Å². The Morgan fingerprint density at radius 1 is 1.15 bits per heavy atom. The van der Waals surface area contributed by atoms with Crippen LogP contribution in [-0.4, -0.2) is 31.2 Å². The van der Waals surface area contributed by atoms with Crippen molar-refractivity contribution in [3.63, 3.8) is 0 Å². The molecule has 1 aromatic heterocycles. The fourth-order valence-electron chi connectivity index (χ4n) is 2.74. The second-order valence-corrected chi connectivity index (χ2v) is 6.60. The normalized spacial score (nSPS) is 10.6. The molecule has 0 unspecified atom stereocenters. The third-order valence-electron chi connectivity index (χ3n) is 4.11. The molecule has 0 saturated heterocycles. The van der Waals surface area contributed by atoms with E-state index >= 15 is 0 Å². The van der Waals surface area contributed by atoms with Crippen LogP contribution < -0.4 is 14.8 Å². The second-order valence-electron chi connectivity index (χ2n) is 6.16. The summed E-state index contributed by atoms with van der Waals surface area (Å²) in [6, 6.07) is 15.0. The lowest BCUT2D eigenvalue weighted by Gasteiger charge is -2.11. The van der Waals surface area contributed by atoms with Gasteiger partial charge in [0, 0.05) is 28.7 Å². The van der Waals surface area contributed by atoms with Gasteiger partial charge in [-0.2, -0.15) is 0 Å². The summed E-state index contributed by atoms with van der Waals surface area (Å²) < 4.78 is 11.0. The van der Waals surface area contributed by atoms with Gasteiger partial charge in [-0.25, -0.2) is 0 Å². The van der Waals surface area contributed by atoms with Crippen LogP contribution in [-0.2, 0) is 11.2 Å². The van der Waals surface area contributed by atoms with E-state index in [1.54, 1.807) is 7.11 Å². The van der Waals surface area contributed by atoms with Crippen molar-refractivity contribution in [3.05, 3.63) is 64.8 Å². The van der Waals surface area contributed by atoms with Crippen LogP contribution in [0.25, 0.3) is 10.9 Å². The highest BCUT2D eigenvalue weighted by molar-refractivity contribution is 6.30. The summed E-state index contributed by atoms with van der Waals surface area (Å²) >= 11 is 5.87. The minimum atomic E-state index is -0.172. The van der Waals surface area contributed by atoms with Gasteiger partial charge in [0.2, 0.25) is 0 Å². The number of pyridine rings is 1. The van der Waals surface area contributed by atoms with E-state index in [9.17, 15) is 4.79 Å². The quantitative estimate of drug-likeness (QED) is 0.670. The van der Waals surface area contributed by atoms with Gasteiger partial charge in [-0.05, 0) is 49.2 Å². The van der Waals surface area contributed by atoms with Crippen molar-refractivity contribution >= 4 is 28.4 Å². The van der Waals surface area contributed by atoms with E-state index in [1.165, 1.54) is 0 Å². The zero-order chi connectivity index (χ0) is 19.2. The zero-order valence-electron chi connectivity index (χ0n) is 15.3. The number of halogens is 1. The van der Waals surface area contributed by atoms with Gasteiger partial charge in [0.05, 0.1) is 12.6 Å². The van der Waals surface area contributed by atoms with Gasteiger partial charge >= 0.3 is 0 Å². The third kappa shape index (κ3) is 5.11. The van der Waals surface area contributed by atoms with Crippen LogP contribution in [0.5, 0.6) is 11.5 Å². The average molecular weight is 385 g/mol. The smallest absolute Gasteiger partial charge is 0.257 e. The SMILES string of the molecule is COc1ccc2nc(C)cc(OCC(=O)NCCc3ccc(Cl)cc3)c2c1. The van der Waals surface area contributed by atoms with Gasteiger partial charge in [0.15, 0.2) is 6.61 Å². The lowest BCUT2D eigenvalue weighted by atomic mass is 10.1. The molecule has 6 heteroatoms. The molecule has 0 aliphatic carbocycles. The average Bonchev–Trinajstić information content (AvgIpc) is 2.67. The van der Waals surface area contributed by atoms with Crippen molar-refractivity contribution < 1.29 is 14.3 Å². The van der Waals surface area contributed by atoms with Gasteiger partial charge in [-0.3, -0.25) is 9.78 Å². The minimum Gasteiger partial charge on any atom is -0.497 e. The second kappa shape index (κ2) is 8.73. The van der Waals surface area contributed by atoms with E-state index < -0.39 is 0 Å². The summed E-state index contributed by atoms with van der Waals surface area (Å²) in [6.45, 7) is 2.37. The number of ether oxygens (including phenoxy) is 2. The molecule has 2 aromatic carbocycles. The van der Waals surface area contributed by atoms with Crippen molar-refractivity contribution in [2.75, 3.05) is 20.3 Å². The van der Waals surface area contributed by atoms with Gasteiger partial charge in [-0.1, -0.05) is 23.7 Å². The summed E-state index contributed by atoms with van der Waals surface area (Å²) in [5.74, 6) is 1.16. The molecule has 0 atom stereocenters. The highest BCUT2D eigenvalue weighted by atomic mass is 35.5. The van der Waals surface area contributed by atoms with Gasteiger partial charge in [-0.15, -0.1) is 0 Å². The van der Waals surface area contributed by atoms with E-state index in [-0.39, 0.29) is 12.5 Å². The number of aromatic nitrogens is 1. The number of carbonyl (C=O) groups is 1. The number of methoxy groups -OCH3 is 1. The molecule has 140 valence electrons. The number of nitrogens with one attached hydrogen (secondary N) is 1. The Balaban J connectivity index is 1.58. The summed E-state index contributed by atoms with van der Waals surface area (Å²) in [4.78, 5) is 16.6. The number of aryl methyl sites for hydroxylation is 1. The van der Waals surface area contributed by atoms with Crippen molar-refractivity contribution in [1.82, 2.24) is 10.3 Å². The fraction of sp³-hybridized carbons (Fsp3) is 0.238. The molecular formula is C21H21ClN2O3. The van der Waals surface area contributed by atoms with E-state index in [0.29, 0.717) is 23.1 Å². The molecule has 1 N–H and O–H groups in total. The van der Waals surface area contributed by atoms with Crippen molar-refractivity contribution in [2.24, 2.45) is 0 Å². The van der Waals surface area contributed by atoms with Crippen molar-refractivity contribution in [2.45, 2.75) is 13.3 Å². The van der Waals surface area contributed by atoms with Crippen molar-refractivity contribution in [3.8, 4) is 11.5 Å². The summed E-state index contributed by atoms with van der Waals surface area (Å²) in [5, 5.41) is 4.38. The molecule has 3 aromatic rings. The fourth-order valence-corrected chi connectivity index (χ4v) is 2.86. The molecule has 1 amide bonds. The number of fused-ring (bicyclic) bond motifs is 1. The highest BCUT2D eigenvalue weighted by Crippen LogP contribution is 2.28. The topological polar surface area (TPSA) is 60.5 Å². The molecule has 0 saturated carbocycles. The van der Waals surface area contributed by atoms with Gasteiger partial charge in [0.25, 0.3) is 5.91 Å². The first-order valence-electron chi connectivity index (χ1n) is 8.64.